The van der Waals surface area contributed by atoms with Crippen LogP contribution in [0.2, 0.25) is 0 Å². The van der Waals surface area contributed by atoms with Crippen molar-refractivity contribution in [1.29, 1.82) is 0 Å². The number of aliphatic hydroxyl groups excluding tert-OH is 3. The van der Waals surface area contributed by atoms with Gasteiger partial charge < -0.3 is 49.0 Å². The van der Waals surface area contributed by atoms with E-state index < -0.39 is 36.2 Å². The first-order valence-electron chi connectivity index (χ1n) is 13.4. The van der Waals surface area contributed by atoms with E-state index in [1.165, 1.54) is 104 Å². The number of ether oxygens (including phenoxy) is 1. The Bertz CT molecular complexity index is 453. The molecule has 0 aromatic carbocycles. The predicted molar refractivity (Wildman–Crippen MR) is 137 cm³/mol. The summed E-state index contributed by atoms with van der Waals surface area (Å²) >= 11 is 0. The van der Waals surface area contributed by atoms with Crippen molar-refractivity contribution in [3.05, 3.63) is 0 Å². The summed E-state index contributed by atoms with van der Waals surface area (Å²) in [5.74, 6) is 0. The first kappa shape index (κ1) is 36.2. The van der Waals surface area contributed by atoms with Gasteiger partial charge in [-0.25, -0.2) is 0 Å². The number of hydrogen-bond acceptors (Lipinski definition) is 6. The van der Waals surface area contributed by atoms with Crippen LogP contribution in [0.25, 0.3) is 0 Å². The van der Waals surface area contributed by atoms with Crippen molar-refractivity contribution < 1.29 is 37.6 Å². The van der Waals surface area contributed by atoms with Gasteiger partial charge in [0.15, 0.2) is 6.29 Å². The Kier molecular flexibility index (Phi) is 22.5. The molecule has 1 fully saturated rings. The van der Waals surface area contributed by atoms with E-state index in [9.17, 15) is 20.4 Å². The van der Waals surface area contributed by atoms with Gasteiger partial charge in [0.05, 0.1) is 11.6 Å². The summed E-state index contributed by atoms with van der Waals surface area (Å²) in [7, 11) is 0. The van der Waals surface area contributed by atoms with Gasteiger partial charge in [-0.05, 0) is 26.8 Å². The minimum Gasteiger partial charge on any atom is -1.00 e. The number of quaternary nitrogens is 1. The highest BCUT2D eigenvalue weighted by molar-refractivity contribution is 4.98. The molecule has 0 aliphatic carbocycles. The van der Waals surface area contributed by atoms with Crippen LogP contribution < -0.4 is 23.9 Å². The molecule has 1 aliphatic rings. The molecule has 7 nitrogen and oxygen atoms in total. The molecule has 208 valence electrons. The molecule has 34 heavy (non-hydrogen) atoms. The number of rotatable bonds is 19. The maximum absolute atomic E-state index is 10.3. The van der Waals surface area contributed by atoms with Gasteiger partial charge in [-0.3, -0.25) is 0 Å². The summed E-state index contributed by atoms with van der Waals surface area (Å²) in [5, 5.41) is 43.8. The number of halogens is 1. The molecule has 0 saturated carbocycles. The lowest BCUT2D eigenvalue weighted by Crippen LogP contribution is -3.00. The molecule has 1 heterocycles. The molecule has 0 bridgehead atoms. The van der Waals surface area contributed by atoms with Crippen molar-refractivity contribution in [3.63, 3.8) is 0 Å². The first-order valence-corrected chi connectivity index (χ1v) is 13.4. The Morgan fingerprint density at radius 2 is 1.06 bits per heavy atom. The van der Waals surface area contributed by atoms with Crippen molar-refractivity contribution in [2.45, 2.75) is 160 Å². The van der Waals surface area contributed by atoms with Crippen LogP contribution in [0.15, 0.2) is 0 Å². The third-order valence-electron chi connectivity index (χ3n) is 6.73. The highest BCUT2D eigenvalue weighted by Crippen LogP contribution is 2.27. The molecule has 1 rings (SSSR count). The molecule has 0 spiro atoms. The van der Waals surface area contributed by atoms with Crippen LogP contribution in [0.4, 0.5) is 0 Å². The molecule has 9 N–H and O–H groups in total. The van der Waals surface area contributed by atoms with E-state index in [4.69, 9.17) is 4.74 Å². The van der Waals surface area contributed by atoms with Gasteiger partial charge in [0.2, 0.25) is 0 Å². The molecule has 1 unspecified atom stereocenters. The average Bonchev–Trinajstić information content (AvgIpc) is 2.74. The van der Waals surface area contributed by atoms with Crippen LogP contribution in [0.5, 0.6) is 0 Å². The fourth-order valence-corrected chi connectivity index (χ4v) is 4.62. The van der Waals surface area contributed by atoms with E-state index in [0.717, 1.165) is 12.8 Å². The first-order chi connectivity index (χ1) is 15.3. The molecule has 0 radical (unpaired) electrons. The van der Waals surface area contributed by atoms with E-state index in [-0.39, 0.29) is 18.6 Å². The summed E-state index contributed by atoms with van der Waals surface area (Å²) in [4.78, 5) is 0. The quantitative estimate of drug-likeness (QED) is 0.146. The van der Waals surface area contributed by atoms with Gasteiger partial charge in [0.1, 0.15) is 18.3 Å². The molecule has 5 atom stereocenters. The maximum Gasteiger partial charge on any atom is 0.173 e. The van der Waals surface area contributed by atoms with Crippen LogP contribution in [0.1, 0.15) is 124 Å². The highest BCUT2D eigenvalue weighted by Gasteiger charge is 2.48. The number of aliphatic hydroxyl groups is 4. The lowest BCUT2D eigenvalue weighted by Gasteiger charge is -2.45. The van der Waals surface area contributed by atoms with E-state index in [2.05, 4.69) is 12.2 Å². The molecular weight excluding hydrogens is 456 g/mol. The van der Waals surface area contributed by atoms with E-state index >= 15 is 0 Å². The lowest BCUT2D eigenvalue weighted by atomic mass is 9.88. The van der Waals surface area contributed by atoms with Gasteiger partial charge >= 0.3 is 0 Å². The average molecular weight is 513 g/mol. The zero-order valence-electron chi connectivity index (χ0n) is 22.5. The summed E-state index contributed by atoms with van der Waals surface area (Å²) < 4.78 is 5.36. The zero-order chi connectivity index (χ0) is 23.8. The molecule has 1 aliphatic heterocycles. The Morgan fingerprint density at radius 1 is 0.676 bits per heavy atom. The second-order valence-corrected chi connectivity index (χ2v) is 10.4. The van der Waals surface area contributed by atoms with Crippen LogP contribution >= 0.6 is 0 Å². The third kappa shape index (κ3) is 15.2. The molecule has 1 saturated heterocycles. The Balaban J connectivity index is 0. The Labute approximate surface area is 215 Å². The molecule has 0 amide bonds. The van der Waals surface area contributed by atoms with Crippen LogP contribution in [0, 0.1) is 0 Å². The van der Waals surface area contributed by atoms with E-state index in [0.29, 0.717) is 6.54 Å². The van der Waals surface area contributed by atoms with E-state index in [1.807, 2.05) is 0 Å². The second-order valence-electron chi connectivity index (χ2n) is 10.4. The Morgan fingerprint density at radius 3 is 1.44 bits per heavy atom. The minimum atomic E-state index is -1.35. The van der Waals surface area contributed by atoms with Crippen molar-refractivity contribution in [2.75, 3.05) is 6.54 Å². The predicted octanol–water partition coefficient (Wildman–Crippen LogP) is 1.80. The molecule has 0 aromatic rings. The van der Waals surface area contributed by atoms with Crippen molar-refractivity contribution in [1.82, 2.24) is 11.5 Å². The third-order valence-corrected chi connectivity index (χ3v) is 6.73. The van der Waals surface area contributed by atoms with Crippen LogP contribution in [-0.2, 0) is 4.74 Å². The number of nitrogens with one attached hydrogen (secondary N) is 1. The normalized spacial score (nSPS) is 25.0. The largest absolute Gasteiger partial charge is 1.00 e. The van der Waals surface area contributed by atoms with E-state index in [1.54, 1.807) is 0 Å². The molecule has 0 aromatic heterocycles. The summed E-state index contributed by atoms with van der Waals surface area (Å²) in [6.07, 6.45) is 16.4. The highest BCUT2D eigenvalue weighted by atomic mass is 35.5. The summed E-state index contributed by atoms with van der Waals surface area (Å²) in [6, 6.07) is -0.750. The van der Waals surface area contributed by atoms with Gasteiger partial charge in [-0.1, -0.05) is 103 Å². The van der Waals surface area contributed by atoms with Gasteiger partial charge in [0, 0.05) is 0 Å². The molecule has 8 heteroatoms. The standard InChI is InChI=1S/C26H53NO5.ClH.H3N/c1-4-5-6-7-8-9-10-11-12-13-14-15-16-17-18-19-20-27-21-22(28)23(29)24(26(2,3)31)32-25(21)30;;/h21-25,27-31H,4-20H2,1-3H3;1H;1H3/t21-,22+,23-,24-,25?;;/m0../s1. The topological polar surface area (TPSA) is 139 Å². The van der Waals surface area contributed by atoms with Crippen molar-refractivity contribution >= 4 is 0 Å². The Hall–Kier alpha value is 0.01000. The smallest absolute Gasteiger partial charge is 0.173 e. The zero-order valence-corrected chi connectivity index (χ0v) is 23.2. The van der Waals surface area contributed by atoms with Crippen LogP contribution in [0.3, 0.4) is 0 Å². The van der Waals surface area contributed by atoms with Crippen molar-refractivity contribution in [3.8, 4) is 0 Å². The number of hydrogen-bond donors (Lipinski definition) is 6. The van der Waals surface area contributed by atoms with Gasteiger partial charge in [-0.15, -0.1) is 0 Å². The van der Waals surface area contributed by atoms with Gasteiger partial charge in [0.25, 0.3) is 0 Å². The SMILES string of the molecule is CCCCCCCCCCCCCCCCCCN[C@@H]1C(O)O[C@H](C(C)(C)O)[C@@H](O)[C@@H]1O.[Cl-].[NH4+]. The molecular formula is C26H57ClN2O5. The lowest BCUT2D eigenvalue weighted by molar-refractivity contribution is -0.281. The van der Waals surface area contributed by atoms with Crippen LogP contribution in [-0.4, -0.2) is 63.2 Å². The second kappa shape index (κ2) is 21.1. The van der Waals surface area contributed by atoms with Gasteiger partial charge in [-0.2, -0.15) is 0 Å². The fourth-order valence-electron chi connectivity index (χ4n) is 4.62. The van der Waals surface area contributed by atoms with Crippen molar-refractivity contribution in [2.24, 2.45) is 0 Å². The number of unbranched alkanes of at least 4 members (excludes halogenated alkanes) is 15. The monoisotopic (exact) mass is 512 g/mol. The minimum absolute atomic E-state index is 0. The fraction of sp³-hybridized carbons (Fsp3) is 1.00. The summed E-state index contributed by atoms with van der Waals surface area (Å²) in [6.45, 7) is 5.90. The maximum atomic E-state index is 10.3. The summed E-state index contributed by atoms with van der Waals surface area (Å²) in [5.41, 5.74) is -1.35.